The van der Waals surface area contributed by atoms with Crippen molar-refractivity contribution in [1.29, 1.82) is 0 Å². The highest BCUT2D eigenvalue weighted by atomic mass is 32.1. The number of hydrogen-bond acceptors (Lipinski definition) is 4. The van der Waals surface area contributed by atoms with Crippen LogP contribution in [-0.4, -0.2) is 35.9 Å². The van der Waals surface area contributed by atoms with Crippen LogP contribution in [0.4, 0.5) is 0 Å². The number of para-hydroxylation sites is 1. The fraction of sp³-hybridized carbons (Fsp3) is 0.385. The minimum absolute atomic E-state index is 0.0811. The highest BCUT2D eigenvalue weighted by Gasteiger charge is 2.09. The summed E-state index contributed by atoms with van der Waals surface area (Å²) < 4.78 is 5.18. The summed E-state index contributed by atoms with van der Waals surface area (Å²) in [5, 5.41) is 12.8. The van der Waals surface area contributed by atoms with E-state index < -0.39 is 5.91 Å². The first kappa shape index (κ1) is 16.2. The number of benzene rings is 1. The predicted molar refractivity (Wildman–Crippen MR) is 80.4 cm³/mol. The van der Waals surface area contributed by atoms with Gasteiger partial charge in [-0.25, -0.2) is 0 Å². The molecule has 0 radical (unpaired) electrons. The van der Waals surface area contributed by atoms with Crippen molar-refractivity contribution in [1.82, 2.24) is 16.2 Å². The molecule has 0 spiro atoms. The molecule has 0 unspecified atom stereocenters. The number of ether oxygens (including phenoxy) is 1. The molecule has 0 aliphatic heterocycles. The second-order valence-electron chi connectivity index (χ2n) is 3.90. The third-order valence-electron chi connectivity index (χ3n) is 2.39. The predicted octanol–water partition coefficient (Wildman–Crippen LogP) is 0.928. The third kappa shape index (κ3) is 5.85. The Morgan fingerprint density at radius 1 is 1.35 bits per heavy atom. The molecule has 0 aliphatic rings. The van der Waals surface area contributed by atoms with E-state index in [4.69, 9.17) is 17.0 Å². The fourth-order valence-electron chi connectivity index (χ4n) is 1.41. The number of rotatable bonds is 6. The summed E-state index contributed by atoms with van der Waals surface area (Å²) in [5.74, 6) is -0.538. The van der Waals surface area contributed by atoms with Crippen LogP contribution in [0.2, 0.25) is 0 Å². The van der Waals surface area contributed by atoms with E-state index in [0.717, 1.165) is 6.42 Å². The monoisotopic (exact) mass is 297 g/mol. The average Bonchev–Trinajstić information content (AvgIpc) is 2.45. The summed E-state index contributed by atoms with van der Waals surface area (Å²) in [6, 6.07) is 6.27. The van der Waals surface area contributed by atoms with Gasteiger partial charge in [-0.1, -0.05) is 12.1 Å². The zero-order valence-electron chi connectivity index (χ0n) is 11.3. The van der Waals surface area contributed by atoms with E-state index in [1.165, 1.54) is 12.1 Å². The molecule has 1 rings (SSSR count). The molecule has 0 saturated carbocycles. The van der Waals surface area contributed by atoms with Gasteiger partial charge in [0.2, 0.25) is 0 Å². The van der Waals surface area contributed by atoms with Crippen LogP contribution in [-0.2, 0) is 4.74 Å². The van der Waals surface area contributed by atoms with Crippen molar-refractivity contribution >= 4 is 23.2 Å². The number of hydrazine groups is 1. The molecule has 0 heterocycles. The van der Waals surface area contributed by atoms with E-state index in [9.17, 15) is 9.90 Å². The Labute approximate surface area is 123 Å². The Balaban J connectivity index is 2.24. The molecule has 0 bridgehead atoms. The molecule has 0 atom stereocenters. The van der Waals surface area contributed by atoms with E-state index >= 15 is 0 Å². The number of nitrogens with one attached hydrogen (secondary N) is 3. The highest BCUT2D eigenvalue weighted by molar-refractivity contribution is 7.80. The number of hydrogen-bond donors (Lipinski definition) is 4. The zero-order valence-corrected chi connectivity index (χ0v) is 12.1. The first-order valence-corrected chi connectivity index (χ1v) is 6.76. The maximum atomic E-state index is 11.7. The van der Waals surface area contributed by atoms with Gasteiger partial charge in [-0.15, -0.1) is 0 Å². The quantitative estimate of drug-likeness (QED) is 0.355. The van der Waals surface area contributed by atoms with Crippen LogP contribution in [0.5, 0.6) is 5.75 Å². The summed E-state index contributed by atoms with van der Waals surface area (Å²) in [6.07, 6.45) is 0.822. The summed E-state index contributed by atoms with van der Waals surface area (Å²) >= 11 is 4.99. The smallest absolute Gasteiger partial charge is 0.273 e. The van der Waals surface area contributed by atoms with E-state index in [-0.39, 0.29) is 11.3 Å². The molecule has 0 aromatic heterocycles. The Bertz CT molecular complexity index is 454. The maximum Gasteiger partial charge on any atom is 0.273 e. The lowest BCUT2D eigenvalue weighted by Crippen LogP contribution is -2.47. The van der Waals surface area contributed by atoms with Gasteiger partial charge in [-0.3, -0.25) is 15.6 Å². The second-order valence-corrected chi connectivity index (χ2v) is 4.31. The second kappa shape index (κ2) is 9.11. The first-order valence-electron chi connectivity index (χ1n) is 6.35. The van der Waals surface area contributed by atoms with E-state index in [2.05, 4.69) is 16.2 Å². The Morgan fingerprint density at radius 2 is 2.10 bits per heavy atom. The van der Waals surface area contributed by atoms with E-state index in [0.29, 0.717) is 24.9 Å². The molecular formula is C13H19N3O3S. The van der Waals surface area contributed by atoms with Crippen molar-refractivity contribution in [2.24, 2.45) is 0 Å². The van der Waals surface area contributed by atoms with Crippen LogP contribution in [0.3, 0.4) is 0 Å². The molecule has 20 heavy (non-hydrogen) atoms. The van der Waals surface area contributed by atoms with Crippen LogP contribution < -0.4 is 16.2 Å². The molecule has 0 aliphatic carbocycles. The summed E-state index contributed by atoms with van der Waals surface area (Å²) in [5.41, 5.74) is 5.16. The summed E-state index contributed by atoms with van der Waals surface area (Å²) in [4.78, 5) is 11.7. The highest BCUT2D eigenvalue weighted by Crippen LogP contribution is 2.14. The number of carbonyl (C=O) groups is 1. The van der Waals surface area contributed by atoms with Gasteiger partial charge in [0.15, 0.2) is 5.11 Å². The molecule has 7 heteroatoms. The molecule has 0 saturated heterocycles. The molecule has 1 aromatic carbocycles. The lowest BCUT2D eigenvalue weighted by Gasteiger charge is -2.12. The molecule has 1 aromatic rings. The number of phenols is 1. The maximum absolute atomic E-state index is 11.7. The van der Waals surface area contributed by atoms with Gasteiger partial charge in [-0.05, 0) is 37.7 Å². The van der Waals surface area contributed by atoms with E-state index in [1.54, 1.807) is 12.1 Å². The molecule has 0 fully saturated rings. The standard InChI is InChI=1S/C13H19N3O3S/c1-2-19-9-5-8-14-13(20)16-15-12(18)10-6-3-4-7-11(10)17/h3-4,6-7,17H,2,5,8-9H2,1H3,(H,15,18)(H2,14,16,20). The third-order valence-corrected chi connectivity index (χ3v) is 2.64. The number of aromatic hydroxyl groups is 1. The average molecular weight is 297 g/mol. The van der Waals surface area contributed by atoms with Crippen molar-refractivity contribution < 1.29 is 14.6 Å². The molecule has 4 N–H and O–H groups in total. The SMILES string of the molecule is CCOCCCNC(=S)NNC(=O)c1ccccc1O. The van der Waals surface area contributed by atoms with Crippen molar-refractivity contribution in [2.45, 2.75) is 13.3 Å². The molecular weight excluding hydrogens is 278 g/mol. The normalized spacial score (nSPS) is 9.85. The van der Waals surface area contributed by atoms with Crippen molar-refractivity contribution in [3.63, 3.8) is 0 Å². The lowest BCUT2D eigenvalue weighted by atomic mass is 10.2. The number of phenolic OH excluding ortho intramolecular Hbond substituents is 1. The van der Waals surface area contributed by atoms with Gasteiger partial charge in [0.25, 0.3) is 5.91 Å². The van der Waals surface area contributed by atoms with Crippen LogP contribution in [0.15, 0.2) is 24.3 Å². The van der Waals surface area contributed by atoms with E-state index in [1.807, 2.05) is 6.92 Å². The van der Waals surface area contributed by atoms with Crippen LogP contribution in [0, 0.1) is 0 Å². The van der Waals surface area contributed by atoms with Gasteiger partial charge < -0.3 is 15.2 Å². The lowest BCUT2D eigenvalue weighted by molar-refractivity contribution is 0.0941. The topological polar surface area (TPSA) is 82.6 Å². The summed E-state index contributed by atoms with van der Waals surface area (Å²) in [6.45, 7) is 3.95. The first-order chi connectivity index (χ1) is 9.65. The molecule has 1 amide bonds. The van der Waals surface area contributed by atoms with Crippen molar-refractivity contribution in [2.75, 3.05) is 19.8 Å². The largest absolute Gasteiger partial charge is 0.507 e. The van der Waals surface area contributed by atoms with Crippen molar-refractivity contribution in [3.05, 3.63) is 29.8 Å². The zero-order chi connectivity index (χ0) is 14.8. The Hall–Kier alpha value is -1.86. The number of carbonyl (C=O) groups excluding carboxylic acids is 1. The van der Waals surface area contributed by atoms with Crippen molar-refractivity contribution in [3.8, 4) is 5.75 Å². The molecule has 110 valence electrons. The van der Waals surface area contributed by atoms with Gasteiger partial charge in [-0.2, -0.15) is 0 Å². The van der Waals surface area contributed by atoms with Crippen LogP contribution in [0.25, 0.3) is 0 Å². The summed E-state index contributed by atoms with van der Waals surface area (Å²) in [7, 11) is 0. The van der Waals surface area contributed by atoms with Gasteiger partial charge in [0.05, 0.1) is 5.56 Å². The minimum atomic E-state index is -0.457. The van der Waals surface area contributed by atoms with Crippen LogP contribution in [0.1, 0.15) is 23.7 Å². The van der Waals surface area contributed by atoms with Gasteiger partial charge >= 0.3 is 0 Å². The number of thiocarbonyl (C=S) groups is 1. The van der Waals surface area contributed by atoms with Crippen LogP contribution >= 0.6 is 12.2 Å². The Kier molecular flexibility index (Phi) is 7.38. The Morgan fingerprint density at radius 3 is 2.80 bits per heavy atom. The van der Waals surface area contributed by atoms with Gasteiger partial charge in [0.1, 0.15) is 5.75 Å². The minimum Gasteiger partial charge on any atom is -0.507 e. The fourth-order valence-corrected chi connectivity index (χ4v) is 1.56. The van der Waals surface area contributed by atoms with Gasteiger partial charge in [0, 0.05) is 19.8 Å². The molecule has 6 nitrogen and oxygen atoms in total. The number of amides is 1.